The summed E-state index contributed by atoms with van der Waals surface area (Å²) in [6.45, 7) is 7.10. The minimum absolute atomic E-state index is 0.0692. The maximum atomic E-state index is 12.6. The highest BCUT2D eigenvalue weighted by Crippen LogP contribution is 2.61. The number of nitrogens with one attached hydrogen (secondary N) is 1. The summed E-state index contributed by atoms with van der Waals surface area (Å²) in [5.41, 5.74) is 1.23. The van der Waals surface area contributed by atoms with Crippen LogP contribution in [0.15, 0.2) is 28.9 Å². The van der Waals surface area contributed by atoms with Crippen molar-refractivity contribution in [3.05, 3.63) is 30.3 Å². The molecule has 3 saturated carbocycles. The van der Waals surface area contributed by atoms with E-state index in [9.17, 15) is 4.79 Å². The average molecular weight is 424 g/mol. The minimum atomic E-state index is 0.0692. The first-order chi connectivity index (χ1) is 15.0. The van der Waals surface area contributed by atoms with Gasteiger partial charge in [0.25, 0.3) is 0 Å². The second-order valence-electron chi connectivity index (χ2n) is 10.2. The van der Waals surface area contributed by atoms with Crippen LogP contribution in [0, 0.1) is 23.2 Å². The first-order valence-corrected chi connectivity index (χ1v) is 11.8. The predicted molar refractivity (Wildman–Crippen MR) is 117 cm³/mol. The Balaban J connectivity index is 1.07. The van der Waals surface area contributed by atoms with Gasteiger partial charge in [0, 0.05) is 31.7 Å². The third-order valence-corrected chi connectivity index (χ3v) is 8.26. The van der Waals surface area contributed by atoms with Crippen molar-refractivity contribution in [1.29, 1.82) is 0 Å². The quantitative estimate of drug-likeness (QED) is 0.766. The van der Waals surface area contributed by atoms with E-state index in [2.05, 4.69) is 34.3 Å². The Morgan fingerprint density at radius 1 is 1.23 bits per heavy atom. The van der Waals surface area contributed by atoms with Crippen molar-refractivity contribution >= 4 is 6.03 Å². The molecule has 2 bridgehead atoms. The van der Waals surface area contributed by atoms with Crippen LogP contribution in [-0.2, 0) is 0 Å². The second-order valence-corrected chi connectivity index (χ2v) is 10.2. The standard InChI is InChI=1S/C24H33N5O2/c1-24(2)18-7-6-16(19(24)15-18)8-12-26-23(30)29-13-9-17(10-14-29)22-27-21(28-31-22)20-5-3-4-11-25-20/h3-5,11,16-19H,6-10,12-15H2,1-2H3,(H,26,30)/t16-,18-,19-/m0/s1. The summed E-state index contributed by atoms with van der Waals surface area (Å²) in [5, 5.41) is 7.25. The van der Waals surface area contributed by atoms with Crippen molar-refractivity contribution in [2.45, 2.75) is 58.3 Å². The molecule has 0 radical (unpaired) electrons. The fourth-order valence-electron chi connectivity index (χ4n) is 6.11. The molecule has 1 N–H and O–H groups in total. The van der Waals surface area contributed by atoms with E-state index in [1.807, 2.05) is 23.1 Å². The van der Waals surface area contributed by atoms with Crippen LogP contribution in [0.1, 0.15) is 64.2 Å². The van der Waals surface area contributed by atoms with Crippen LogP contribution in [0.4, 0.5) is 4.79 Å². The van der Waals surface area contributed by atoms with Crippen LogP contribution < -0.4 is 5.32 Å². The highest BCUT2D eigenvalue weighted by molar-refractivity contribution is 5.74. The highest BCUT2D eigenvalue weighted by atomic mass is 16.5. The number of pyridine rings is 1. The SMILES string of the molecule is CC1(C)[C@H]2CC[C@@H](CCNC(=O)N3CCC(c4nc(-c5ccccn5)no4)CC3)[C@@H]1C2. The number of urea groups is 1. The number of hydrogen-bond donors (Lipinski definition) is 1. The van der Waals surface area contributed by atoms with Crippen molar-refractivity contribution in [2.75, 3.05) is 19.6 Å². The van der Waals surface area contributed by atoms with Crippen LogP contribution >= 0.6 is 0 Å². The molecule has 4 aliphatic rings. The lowest BCUT2D eigenvalue weighted by Gasteiger charge is -2.60. The van der Waals surface area contributed by atoms with Crippen LogP contribution in [0.3, 0.4) is 0 Å². The molecular weight excluding hydrogens is 390 g/mol. The van der Waals surface area contributed by atoms with E-state index in [1.165, 1.54) is 19.3 Å². The molecule has 31 heavy (non-hydrogen) atoms. The summed E-state index contributed by atoms with van der Waals surface area (Å²) >= 11 is 0. The summed E-state index contributed by atoms with van der Waals surface area (Å²) in [6, 6.07) is 5.72. The number of amides is 2. The lowest BCUT2D eigenvalue weighted by atomic mass is 9.45. The van der Waals surface area contributed by atoms with Crippen molar-refractivity contribution < 1.29 is 9.32 Å². The fourth-order valence-corrected chi connectivity index (χ4v) is 6.11. The summed E-state index contributed by atoms with van der Waals surface area (Å²) < 4.78 is 5.50. The summed E-state index contributed by atoms with van der Waals surface area (Å²) in [5.74, 6) is 3.94. The number of fused-ring (bicyclic) bond motifs is 2. The number of likely N-dealkylation sites (tertiary alicyclic amines) is 1. The maximum Gasteiger partial charge on any atom is 0.317 e. The average Bonchev–Trinajstić information content (AvgIpc) is 3.30. The molecule has 4 fully saturated rings. The Morgan fingerprint density at radius 3 is 2.77 bits per heavy atom. The lowest BCUT2D eigenvalue weighted by molar-refractivity contribution is -0.106. The van der Waals surface area contributed by atoms with E-state index in [-0.39, 0.29) is 11.9 Å². The van der Waals surface area contributed by atoms with Gasteiger partial charge in [-0.3, -0.25) is 4.98 Å². The number of piperidine rings is 1. The van der Waals surface area contributed by atoms with Gasteiger partial charge in [0.2, 0.25) is 11.7 Å². The topological polar surface area (TPSA) is 84.2 Å². The van der Waals surface area contributed by atoms with Gasteiger partial charge in [0.15, 0.2) is 0 Å². The van der Waals surface area contributed by atoms with E-state index in [0.717, 1.165) is 56.7 Å². The number of rotatable bonds is 5. The van der Waals surface area contributed by atoms with Gasteiger partial charge in [-0.1, -0.05) is 25.1 Å². The highest BCUT2D eigenvalue weighted by Gasteiger charge is 2.53. The third kappa shape index (κ3) is 3.94. The maximum absolute atomic E-state index is 12.6. The molecule has 3 aliphatic carbocycles. The number of hydrogen-bond acceptors (Lipinski definition) is 5. The first-order valence-electron chi connectivity index (χ1n) is 11.8. The van der Waals surface area contributed by atoms with Crippen LogP contribution in [-0.4, -0.2) is 45.7 Å². The molecule has 3 heterocycles. The van der Waals surface area contributed by atoms with Gasteiger partial charge in [-0.2, -0.15) is 4.98 Å². The third-order valence-electron chi connectivity index (χ3n) is 8.26. The summed E-state index contributed by atoms with van der Waals surface area (Å²) in [4.78, 5) is 23.4. The van der Waals surface area contributed by atoms with Gasteiger partial charge in [0.1, 0.15) is 5.69 Å². The molecule has 1 saturated heterocycles. The molecule has 0 aromatic carbocycles. The Morgan fingerprint density at radius 2 is 2.06 bits per heavy atom. The number of carbonyl (C=O) groups excluding carboxylic acids is 1. The van der Waals surface area contributed by atoms with Gasteiger partial charge in [0.05, 0.1) is 0 Å². The van der Waals surface area contributed by atoms with Crippen LogP contribution in [0.5, 0.6) is 0 Å². The molecule has 2 aromatic rings. The molecular formula is C24H33N5O2. The molecule has 3 atom stereocenters. The molecule has 7 heteroatoms. The van der Waals surface area contributed by atoms with E-state index in [0.29, 0.717) is 22.8 Å². The molecule has 6 rings (SSSR count). The molecule has 0 unspecified atom stereocenters. The zero-order valence-electron chi connectivity index (χ0n) is 18.6. The molecule has 2 aromatic heterocycles. The van der Waals surface area contributed by atoms with Crippen molar-refractivity contribution in [3.63, 3.8) is 0 Å². The minimum Gasteiger partial charge on any atom is -0.339 e. The predicted octanol–water partition coefficient (Wildman–Crippen LogP) is 4.48. The van der Waals surface area contributed by atoms with Crippen molar-refractivity contribution in [3.8, 4) is 11.5 Å². The van der Waals surface area contributed by atoms with E-state index in [1.54, 1.807) is 6.20 Å². The van der Waals surface area contributed by atoms with Gasteiger partial charge < -0.3 is 14.7 Å². The second kappa shape index (κ2) is 8.24. The van der Waals surface area contributed by atoms with Gasteiger partial charge in [-0.15, -0.1) is 0 Å². The van der Waals surface area contributed by atoms with Crippen molar-refractivity contribution in [2.24, 2.45) is 23.2 Å². The summed E-state index contributed by atoms with van der Waals surface area (Å²) in [7, 11) is 0. The van der Waals surface area contributed by atoms with Crippen LogP contribution in [0.2, 0.25) is 0 Å². The first kappa shape index (κ1) is 20.5. The normalized spacial score (nSPS) is 27.5. The molecule has 0 spiro atoms. The van der Waals surface area contributed by atoms with E-state index in [4.69, 9.17) is 4.52 Å². The summed E-state index contributed by atoms with van der Waals surface area (Å²) in [6.07, 6.45) is 8.63. The molecule has 1 aliphatic heterocycles. The Kier molecular flexibility index (Phi) is 5.44. The van der Waals surface area contributed by atoms with Gasteiger partial charge in [-0.25, -0.2) is 4.79 Å². The smallest absolute Gasteiger partial charge is 0.317 e. The number of carbonyl (C=O) groups is 1. The zero-order valence-corrected chi connectivity index (χ0v) is 18.6. The Labute approximate surface area is 184 Å². The van der Waals surface area contributed by atoms with Gasteiger partial charge >= 0.3 is 6.03 Å². The molecule has 166 valence electrons. The lowest BCUT2D eigenvalue weighted by Crippen LogP contribution is -2.53. The number of nitrogens with zero attached hydrogens (tertiary/aromatic N) is 4. The van der Waals surface area contributed by atoms with Crippen LogP contribution in [0.25, 0.3) is 11.5 Å². The Hall–Kier alpha value is -2.44. The molecule has 2 amide bonds. The van der Waals surface area contributed by atoms with E-state index >= 15 is 0 Å². The zero-order chi connectivity index (χ0) is 21.4. The monoisotopic (exact) mass is 423 g/mol. The van der Waals surface area contributed by atoms with Gasteiger partial charge in [-0.05, 0) is 73.8 Å². The number of aromatic nitrogens is 3. The largest absolute Gasteiger partial charge is 0.339 e. The fraction of sp³-hybridized carbons (Fsp3) is 0.667. The van der Waals surface area contributed by atoms with E-state index < -0.39 is 0 Å². The Bertz CT molecular complexity index is 902. The molecule has 7 nitrogen and oxygen atoms in total. The van der Waals surface area contributed by atoms with Crippen molar-refractivity contribution in [1.82, 2.24) is 25.3 Å².